The van der Waals surface area contributed by atoms with Gasteiger partial charge in [-0.05, 0) is 96.3 Å². The maximum absolute atomic E-state index is 2.82. The molecule has 0 saturated heterocycles. The van der Waals surface area contributed by atoms with Crippen molar-refractivity contribution >= 4 is 95.1 Å². The number of rotatable bonds is 1. The lowest BCUT2D eigenvalue weighted by Crippen LogP contribution is -2.64. The van der Waals surface area contributed by atoms with Gasteiger partial charge in [0.2, 0.25) is 0 Å². The van der Waals surface area contributed by atoms with E-state index in [9.17, 15) is 0 Å². The summed E-state index contributed by atoms with van der Waals surface area (Å²) >= 11 is 0. The molecular formula is C46H39BN4. The maximum atomic E-state index is 2.82. The summed E-state index contributed by atoms with van der Waals surface area (Å²) in [5, 5.41) is 5.21. The Bertz CT molecular complexity index is 2860. The molecule has 1 fully saturated rings. The van der Waals surface area contributed by atoms with Crippen LogP contribution in [-0.4, -0.2) is 21.4 Å². The minimum absolute atomic E-state index is 0.0244. The number of para-hydroxylation sites is 3. The van der Waals surface area contributed by atoms with E-state index in [4.69, 9.17) is 0 Å². The fourth-order valence-electron chi connectivity index (χ4n) is 11.4. The largest absolute Gasteiger partial charge is 0.344 e. The quantitative estimate of drug-likeness (QED) is 0.164. The zero-order chi connectivity index (χ0) is 34.0. The Labute approximate surface area is 298 Å². The summed E-state index contributed by atoms with van der Waals surface area (Å²) in [5.74, 6) is 0. The van der Waals surface area contributed by atoms with E-state index in [0.717, 1.165) is 0 Å². The third-order valence-corrected chi connectivity index (χ3v) is 14.1. The molecule has 0 spiro atoms. The first-order chi connectivity index (χ1) is 24.9. The van der Waals surface area contributed by atoms with Crippen LogP contribution in [0.1, 0.15) is 45.1 Å². The second kappa shape index (κ2) is 9.27. The van der Waals surface area contributed by atoms with Crippen molar-refractivity contribution in [2.24, 2.45) is 14.1 Å². The number of aryl methyl sites for hydroxylation is 2. The number of fused-ring (bicyclic) bond motifs is 13. The Morgan fingerprint density at radius 2 is 1.22 bits per heavy atom. The molecule has 0 amide bonds. The number of benzene rings is 6. The first kappa shape index (κ1) is 28.3. The van der Waals surface area contributed by atoms with Gasteiger partial charge < -0.3 is 18.9 Å². The summed E-state index contributed by atoms with van der Waals surface area (Å²) in [6.45, 7) is 5.28. The molecule has 3 aliphatic heterocycles. The Kier molecular flexibility index (Phi) is 5.14. The summed E-state index contributed by atoms with van der Waals surface area (Å²) in [6.07, 6.45) is 5.02. The summed E-state index contributed by atoms with van der Waals surface area (Å²) in [4.78, 5) is 5.42. The van der Waals surface area contributed by atoms with Crippen molar-refractivity contribution < 1.29 is 0 Å². The van der Waals surface area contributed by atoms with Crippen molar-refractivity contribution in [3.63, 3.8) is 0 Å². The van der Waals surface area contributed by atoms with Gasteiger partial charge in [-0.2, -0.15) is 0 Å². The summed E-state index contributed by atoms with van der Waals surface area (Å²) in [6, 6.07) is 44.3. The van der Waals surface area contributed by atoms with Gasteiger partial charge in [-0.15, -0.1) is 0 Å². The average Bonchev–Trinajstić information content (AvgIpc) is 3.69. The maximum Gasteiger partial charge on any atom is 0.252 e. The minimum atomic E-state index is 0.0244. The third-order valence-electron chi connectivity index (χ3n) is 14.1. The highest BCUT2D eigenvalue weighted by Crippen LogP contribution is 2.61. The van der Waals surface area contributed by atoms with Crippen molar-refractivity contribution in [2.45, 2.75) is 50.5 Å². The van der Waals surface area contributed by atoms with Crippen LogP contribution in [0.4, 0.5) is 28.4 Å². The van der Waals surface area contributed by atoms with Crippen LogP contribution in [-0.2, 0) is 19.5 Å². The normalized spacial score (nSPS) is 21.5. The van der Waals surface area contributed by atoms with E-state index >= 15 is 0 Å². The van der Waals surface area contributed by atoms with Crippen molar-refractivity contribution in [1.82, 2.24) is 9.13 Å². The Hall–Kier alpha value is -5.42. The molecule has 0 radical (unpaired) electrons. The van der Waals surface area contributed by atoms with E-state index in [2.05, 4.69) is 162 Å². The van der Waals surface area contributed by atoms with E-state index in [1.54, 1.807) is 5.56 Å². The third kappa shape index (κ3) is 3.17. The first-order valence-corrected chi connectivity index (χ1v) is 18.7. The van der Waals surface area contributed by atoms with Crippen LogP contribution in [0.5, 0.6) is 0 Å². The van der Waals surface area contributed by atoms with Gasteiger partial charge in [0.25, 0.3) is 6.71 Å². The second-order valence-electron chi connectivity index (χ2n) is 16.2. The predicted octanol–water partition coefficient (Wildman–Crippen LogP) is 9.33. The molecule has 246 valence electrons. The molecule has 6 aromatic carbocycles. The number of hydrogen-bond acceptors (Lipinski definition) is 2. The molecule has 2 atom stereocenters. The van der Waals surface area contributed by atoms with E-state index in [-0.39, 0.29) is 17.7 Å². The first-order valence-electron chi connectivity index (χ1n) is 18.7. The van der Waals surface area contributed by atoms with Crippen LogP contribution in [0.15, 0.2) is 115 Å². The van der Waals surface area contributed by atoms with Crippen LogP contribution in [0.2, 0.25) is 0 Å². The summed E-state index contributed by atoms with van der Waals surface area (Å²) in [5.41, 5.74) is 17.7. The molecule has 2 aromatic heterocycles. The monoisotopic (exact) mass is 658 g/mol. The van der Waals surface area contributed by atoms with E-state index in [1.807, 2.05) is 0 Å². The van der Waals surface area contributed by atoms with Gasteiger partial charge in [-0.1, -0.05) is 80.4 Å². The van der Waals surface area contributed by atoms with Crippen LogP contribution < -0.4 is 26.2 Å². The Morgan fingerprint density at radius 1 is 0.549 bits per heavy atom. The highest BCUT2D eigenvalue weighted by molar-refractivity contribution is 7.00. The number of nitrogens with zero attached hydrogens (tertiary/aromatic N) is 4. The summed E-state index contributed by atoms with van der Waals surface area (Å²) < 4.78 is 4.74. The van der Waals surface area contributed by atoms with E-state index in [1.165, 1.54) is 114 Å². The lowest BCUT2D eigenvalue weighted by Gasteiger charge is -2.52. The molecule has 8 aromatic rings. The van der Waals surface area contributed by atoms with Crippen molar-refractivity contribution in [3.8, 4) is 0 Å². The smallest absolute Gasteiger partial charge is 0.252 e. The number of aromatic nitrogens is 2. The van der Waals surface area contributed by atoms with Crippen molar-refractivity contribution in [3.05, 3.63) is 121 Å². The van der Waals surface area contributed by atoms with Gasteiger partial charge in [-0.3, -0.25) is 0 Å². The highest BCUT2D eigenvalue weighted by atomic mass is 15.3. The van der Waals surface area contributed by atoms with Gasteiger partial charge in [0, 0.05) is 91.6 Å². The van der Waals surface area contributed by atoms with Gasteiger partial charge in [0.15, 0.2) is 0 Å². The fraction of sp³-hybridized carbons (Fsp3) is 0.217. The molecule has 12 rings (SSSR count). The molecule has 0 bridgehead atoms. The van der Waals surface area contributed by atoms with Crippen molar-refractivity contribution in [2.75, 3.05) is 9.80 Å². The number of anilines is 5. The van der Waals surface area contributed by atoms with E-state index in [0.29, 0.717) is 0 Å². The molecule has 1 aliphatic carbocycles. The van der Waals surface area contributed by atoms with Gasteiger partial charge in [0.05, 0.1) is 5.54 Å². The van der Waals surface area contributed by atoms with Gasteiger partial charge in [-0.25, -0.2) is 0 Å². The molecule has 0 N–H and O–H groups in total. The van der Waals surface area contributed by atoms with Gasteiger partial charge in [0.1, 0.15) is 0 Å². The molecule has 5 heterocycles. The Balaban J connectivity index is 1.21. The second-order valence-corrected chi connectivity index (χ2v) is 16.2. The minimum Gasteiger partial charge on any atom is -0.344 e. The van der Waals surface area contributed by atoms with Crippen LogP contribution >= 0.6 is 0 Å². The average molecular weight is 659 g/mol. The van der Waals surface area contributed by atoms with Crippen LogP contribution in [0.3, 0.4) is 0 Å². The van der Waals surface area contributed by atoms with Gasteiger partial charge >= 0.3 is 0 Å². The zero-order valence-corrected chi connectivity index (χ0v) is 29.7. The lowest BCUT2D eigenvalue weighted by atomic mass is 9.33. The molecule has 4 nitrogen and oxygen atoms in total. The standard InChI is InChI=1S/C46H39BN4/c1-45-23-9-10-24-46(45,2)51-40-20-12-19-39-43(40)47(34-16-11-15-33(45)44(34)51)35-27-41-32(30-14-6-8-18-37(30)49(41)4)26-42(35)50(39)28-21-22-38-31(25-28)29-13-5-7-17-36(29)48(38)3/h5-8,11-22,25-27H,9-10,23-24H2,1-4H3/t45-,46?/m0/s1. The van der Waals surface area contributed by atoms with E-state index < -0.39 is 0 Å². The molecule has 5 heteroatoms. The van der Waals surface area contributed by atoms with Crippen molar-refractivity contribution in [1.29, 1.82) is 0 Å². The number of hydrogen-bond donors (Lipinski definition) is 0. The molecule has 1 unspecified atom stereocenters. The Morgan fingerprint density at radius 3 is 2.02 bits per heavy atom. The topological polar surface area (TPSA) is 16.3 Å². The van der Waals surface area contributed by atoms with Crippen LogP contribution in [0.25, 0.3) is 43.6 Å². The highest BCUT2D eigenvalue weighted by Gasteiger charge is 2.61. The SMILES string of the molecule is Cn1c2ccccc2c2cc(N3c4cc5c6ccccc6n(C)c5cc4B4c5cccc6c5N(c5cccc3c54)C3(C)CCCC[C@@]63C)ccc21. The molecular weight excluding hydrogens is 619 g/mol. The predicted molar refractivity (Wildman–Crippen MR) is 217 cm³/mol. The lowest BCUT2D eigenvalue weighted by molar-refractivity contribution is 0.195. The van der Waals surface area contributed by atoms with Crippen LogP contribution in [0, 0.1) is 0 Å². The molecule has 4 aliphatic rings. The fourth-order valence-corrected chi connectivity index (χ4v) is 11.4. The summed E-state index contributed by atoms with van der Waals surface area (Å²) in [7, 11) is 4.43. The molecule has 51 heavy (non-hydrogen) atoms. The molecule has 1 saturated carbocycles. The zero-order valence-electron chi connectivity index (χ0n) is 29.7.